The van der Waals surface area contributed by atoms with Crippen molar-refractivity contribution in [3.63, 3.8) is 0 Å². The molecule has 1 N–H and O–H groups in total. The van der Waals surface area contributed by atoms with E-state index in [0.717, 1.165) is 29.5 Å². The van der Waals surface area contributed by atoms with Crippen LogP contribution in [0, 0.1) is 0 Å². The van der Waals surface area contributed by atoms with E-state index in [2.05, 4.69) is 15.2 Å². The minimum absolute atomic E-state index is 0.268. The summed E-state index contributed by atoms with van der Waals surface area (Å²) < 4.78 is 2.49. The van der Waals surface area contributed by atoms with Gasteiger partial charge in [0.2, 0.25) is 0 Å². The zero-order valence-corrected chi connectivity index (χ0v) is 14.5. The molecule has 0 fully saturated rings. The molecule has 5 nitrogen and oxygen atoms in total. The van der Waals surface area contributed by atoms with E-state index in [0.29, 0.717) is 0 Å². The quantitative estimate of drug-likeness (QED) is 0.562. The molecule has 0 aliphatic rings. The van der Waals surface area contributed by atoms with Gasteiger partial charge in [0.1, 0.15) is 5.01 Å². The van der Waals surface area contributed by atoms with Crippen molar-refractivity contribution in [3.05, 3.63) is 54.1 Å². The summed E-state index contributed by atoms with van der Waals surface area (Å²) in [5.41, 5.74) is 2.10. The van der Waals surface area contributed by atoms with Crippen LogP contribution in [0.2, 0.25) is 0 Å². The third kappa shape index (κ3) is 3.03. The SMILES string of the molecule is O=C(O)c1ccc2nc(Sc3nnc(-c4ccccc4)s3)sc2c1. The Bertz CT molecular complexity index is 1030. The molecule has 0 bridgehead atoms. The van der Waals surface area contributed by atoms with Gasteiger partial charge in [-0.25, -0.2) is 9.78 Å². The third-order valence-electron chi connectivity index (χ3n) is 3.22. The summed E-state index contributed by atoms with van der Waals surface area (Å²) in [7, 11) is 0. The van der Waals surface area contributed by atoms with Gasteiger partial charge in [0.25, 0.3) is 0 Å². The van der Waals surface area contributed by atoms with Crippen LogP contribution in [-0.2, 0) is 0 Å². The number of hydrogen-bond donors (Lipinski definition) is 1. The lowest BCUT2D eigenvalue weighted by molar-refractivity contribution is 0.0697. The largest absolute Gasteiger partial charge is 0.478 e. The molecule has 0 unspecified atom stereocenters. The van der Waals surface area contributed by atoms with Gasteiger partial charge in [-0.05, 0) is 30.0 Å². The average Bonchev–Trinajstić information content (AvgIpc) is 3.21. The Kier molecular flexibility index (Phi) is 4.01. The van der Waals surface area contributed by atoms with E-state index in [1.165, 1.54) is 34.4 Å². The van der Waals surface area contributed by atoms with E-state index in [4.69, 9.17) is 5.11 Å². The van der Waals surface area contributed by atoms with Gasteiger partial charge in [-0.1, -0.05) is 41.7 Å². The summed E-state index contributed by atoms with van der Waals surface area (Å²) in [5.74, 6) is -0.934. The van der Waals surface area contributed by atoms with Gasteiger partial charge in [-0.2, -0.15) is 0 Å². The van der Waals surface area contributed by atoms with E-state index in [1.807, 2.05) is 30.3 Å². The zero-order chi connectivity index (χ0) is 16.5. The maximum absolute atomic E-state index is 11.0. The lowest BCUT2D eigenvalue weighted by Crippen LogP contribution is -1.94. The summed E-state index contributed by atoms with van der Waals surface area (Å²) in [6.45, 7) is 0. The molecule has 0 spiro atoms. The molecule has 0 saturated carbocycles. The van der Waals surface area contributed by atoms with E-state index < -0.39 is 5.97 Å². The Morgan fingerprint density at radius 2 is 1.83 bits per heavy atom. The van der Waals surface area contributed by atoms with Crippen LogP contribution in [-0.4, -0.2) is 26.3 Å². The van der Waals surface area contributed by atoms with Crippen LogP contribution in [0.1, 0.15) is 10.4 Å². The molecule has 8 heteroatoms. The summed E-state index contributed by atoms with van der Waals surface area (Å²) in [6, 6.07) is 14.8. The molecule has 4 rings (SSSR count). The fourth-order valence-corrected chi connectivity index (χ4v) is 5.27. The lowest BCUT2D eigenvalue weighted by atomic mass is 10.2. The highest BCUT2D eigenvalue weighted by Gasteiger charge is 2.12. The fraction of sp³-hybridized carbons (Fsp3) is 0. The number of aromatic nitrogens is 3. The molecule has 0 atom stereocenters. The maximum atomic E-state index is 11.0. The van der Waals surface area contributed by atoms with E-state index >= 15 is 0 Å². The predicted molar refractivity (Wildman–Crippen MR) is 96.0 cm³/mol. The molecule has 0 amide bonds. The van der Waals surface area contributed by atoms with Crippen molar-refractivity contribution in [2.24, 2.45) is 0 Å². The number of nitrogens with zero attached hydrogens (tertiary/aromatic N) is 3. The first-order valence-corrected chi connectivity index (χ1v) is 9.35. The highest BCUT2D eigenvalue weighted by atomic mass is 32.2. The second-order valence-corrected chi connectivity index (χ2v) is 8.31. The highest BCUT2D eigenvalue weighted by molar-refractivity contribution is 8.02. The number of thiazole rings is 1. The van der Waals surface area contributed by atoms with E-state index in [-0.39, 0.29) is 5.56 Å². The van der Waals surface area contributed by atoms with Gasteiger partial charge in [0.05, 0.1) is 15.8 Å². The van der Waals surface area contributed by atoms with E-state index in [9.17, 15) is 4.79 Å². The topological polar surface area (TPSA) is 76.0 Å². The molecule has 0 saturated heterocycles. The van der Waals surface area contributed by atoms with Crippen LogP contribution < -0.4 is 0 Å². The fourth-order valence-electron chi connectivity index (χ4n) is 2.10. The van der Waals surface area contributed by atoms with Gasteiger partial charge in [0.15, 0.2) is 8.68 Å². The Balaban J connectivity index is 1.60. The minimum atomic E-state index is -0.934. The lowest BCUT2D eigenvalue weighted by Gasteiger charge is -1.91. The van der Waals surface area contributed by atoms with Crippen molar-refractivity contribution in [3.8, 4) is 10.6 Å². The van der Waals surface area contributed by atoms with Crippen molar-refractivity contribution < 1.29 is 9.90 Å². The summed E-state index contributed by atoms with van der Waals surface area (Å²) in [6.07, 6.45) is 0. The highest BCUT2D eigenvalue weighted by Crippen LogP contribution is 2.37. The molecule has 118 valence electrons. The molecule has 2 heterocycles. The molecular weight excluding hydrogens is 362 g/mol. The Hall–Kier alpha value is -2.29. The summed E-state index contributed by atoms with van der Waals surface area (Å²) in [4.78, 5) is 15.6. The number of rotatable bonds is 4. The van der Waals surface area contributed by atoms with Crippen molar-refractivity contribution in [1.82, 2.24) is 15.2 Å². The molecule has 24 heavy (non-hydrogen) atoms. The first kappa shape index (κ1) is 15.3. The molecule has 2 aromatic heterocycles. The number of fused-ring (bicyclic) bond motifs is 1. The van der Waals surface area contributed by atoms with E-state index in [1.54, 1.807) is 18.2 Å². The smallest absolute Gasteiger partial charge is 0.335 e. The second-order valence-electron chi connectivity index (χ2n) is 4.81. The van der Waals surface area contributed by atoms with Crippen LogP contribution in [0.25, 0.3) is 20.8 Å². The van der Waals surface area contributed by atoms with Crippen molar-refractivity contribution >= 4 is 50.6 Å². The molecule has 4 aromatic rings. The van der Waals surface area contributed by atoms with Crippen LogP contribution in [0.15, 0.2) is 57.2 Å². The maximum Gasteiger partial charge on any atom is 0.335 e. The Labute approximate surface area is 149 Å². The summed E-state index contributed by atoms with van der Waals surface area (Å²) >= 11 is 4.42. The number of carboxylic acid groups (broad SMARTS) is 1. The number of carbonyl (C=O) groups is 1. The van der Waals surface area contributed by atoms with Crippen LogP contribution in [0.3, 0.4) is 0 Å². The van der Waals surface area contributed by atoms with Crippen molar-refractivity contribution in [2.75, 3.05) is 0 Å². The molecule has 0 aliphatic carbocycles. The Morgan fingerprint density at radius 3 is 2.62 bits per heavy atom. The predicted octanol–water partition coefficient (Wildman–Crippen LogP) is 4.66. The average molecular weight is 371 g/mol. The number of hydrogen-bond acceptors (Lipinski definition) is 7. The number of carboxylic acids is 1. The van der Waals surface area contributed by atoms with Crippen molar-refractivity contribution in [2.45, 2.75) is 8.68 Å². The summed E-state index contributed by atoms with van der Waals surface area (Å²) in [5, 5.41) is 18.4. The first-order valence-electron chi connectivity index (χ1n) is 6.90. The standard InChI is InChI=1S/C16H9N3O2S3/c20-14(21)10-6-7-11-12(8-10)22-15(17-11)24-16-19-18-13(23-16)9-4-2-1-3-5-9/h1-8H,(H,20,21). The third-order valence-corrected chi connectivity index (χ3v) is 6.32. The van der Waals surface area contributed by atoms with Gasteiger partial charge >= 0.3 is 5.97 Å². The molecule has 0 radical (unpaired) electrons. The first-order chi connectivity index (χ1) is 11.7. The normalized spacial score (nSPS) is 11.0. The molecule has 0 aliphatic heterocycles. The van der Waals surface area contributed by atoms with Crippen LogP contribution >= 0.6 is 34.4 Å². The van der Waals surface area contributed by atoms with Crippen LogP contribution in [0.5, 0.6) is 0 Å². The Morgan fingerprint density at radius 1 is 1.00 bits per heavy atom. The van der Waals surface area contributed by atoms with Crippen LogP contribution in [0.4, 0.5) is 0 Å². The second kappa shape index (κ2) is 6.31. The minimum Gasteiger partial charge on any atom is -0.478 e. The van der Waals surface area contributed by atoms with Gasteiger partial charge in [-0.3, -0.25) is 0 Å². The van der Waals surface area contributed by atoms with Gasteiger partial charge < -0.3 is 5.11 Å². The number of aromatic carboxylic acids is 1. The monoisotopic (exact) mass is 371 g/mol. The zero-order valence-electron chi connectivity index (χ0n) is 12.0. The van der Waals surface area contributed by atoms with Gasteiger partial charge in [0, 0.05) is 5.56 Å². The van der Waals surface area contributed by atoms with Crippen molar-refractivity contribution in [1.29, 1.82) is 0 Å². The molecular formula is C16H9N3O2S3. The number of benzene rings is 2. The molecule has 2 aromatic carbocycles. The van der Waals surface area contributed by atoms with Gasteiger partial charge in [-0.15, -0.1) is 21.5 Å².